The zero-order valence-corrected chi connectivity index (χ0v) is 8.23. The molecule has 3 nitrogen and oxygen atoms in total. The molecule has 0 unspecified atom stereocenters. The molecule has 0 amide bonds. The first kappa shape index (κ1) is 11.1. The van der Waals surface area contributed by atoms with Gasteiger partial charge in [0.15, 0.2) is 0 Å². The fourth-order valence-corrected chi connectivity index (χ4v) is 0.858. The summed E-state index contributed by atoms with van der Waals surface area (Å²) in [6, 6.07) is 0. The Morgan fingerprint density at radius 3 is 2.50 bits per heavy atom. The van der Waals surface area contributed by atoms with E-state index in [-0.39, 0.29) is 5.97 Å². The highest BCUT2D eigenvalue weighted by Gasteiger charge is 2.03. The van der Waals surface area contributed by atoms with Gasteiger partial charge in [-0.05, 0) is 26.8 Å². The monoisotopic (exact) mass is 188 g/mol. The Hall–Kier alpha value is -0.900. The van der Waals surface area contributed by atoms with Gasteiger partial charge in [-0.15, -0.1) is 0 Å². The molecule has 0 saturated carbocycles. The van der Waals surface area contributed by atoms with Gasteiger partial charge >= 0.3 is 5.97 Å². The van der Waals surface area contributed by atoms with Gasteiger partial charge in [0.25, 0.3) is 0 Å². The number of carbonyl (C=O) groups excluding carboxylic acids is 1. The minimum atomic E-state index is -0.370. The molecule has 0 aromatic heterocycles. The van der Waals surface area contributed by atoms with Crippen LogP contribution in [-0.4, -0.2) is 21.6 Å². The molecule has 0 rings (SSSR count). The van der Waals surface area contributed by atoms with Crippen LogP contribution in [0.1, 0.15) is 20.8 Å². The molecule has 0 heterocycles. The average molecular weight is 188 g/mol. The first-order chi connectivity index (χ1) is 5.61. The van der Waals surface area contributed by atoms with Gasteiger partial charge in [0.05, 0.1) is 17.9 Å². The largest absolute Gasteiger partial charge is 0.463 e. The number of ether oxygens (including phenoxy) is 1. The van der Waals surface area contributed by atoms with E-state index in [1.807, 2.05) is 0 Å². The van der Waals surface area contributed by atoms with Crippen molar-refractivity contribution in [2.75, 3.05) is 6.61 Å². The van der Waals surface area contributed by atoms with E-state index in [2.05, 4.69) is 0 Å². The molecule has 0 bridgehead atoms. The summed E-state index contributed by atoms with van der Waals surface area (Å²) in [5, 5.41) is 0. The molecule has 4 heteroatoms. The molecule has 0 aliphatic rings. The van der Waals surface area contributed by atoms with Crippen molar-refractivity contribution in [1.82, 2.24) is 0 Å². The highest BCUT2D eigenvalue weighted by Crippen LogP contribution is 1.96. The maximum atomic E-state index is 11.0. The first-order valence-corrected chi connectivity index (χ1v) is 4.34. The van der Waals surface area contributed by atoms with Crippen LogP contribution in [0.3, 0.4) is 0 Å². The Morgan fingerprint density at radius 2 is 2.08 bits per heavy atom. The Kier molecular flexibility index (Phi) is 5.28. The number of allylic oxidation sites excluding steroid dienone is 1. The first-order valence-electron chi connectivity index (χ1n) is 3.60. The van der Waals surface area contributed by atoms with Crippen LogP contribution in [0.2, 0.25) is 0 Å². The summed E-state index contributed by atoms with van der Waals surface area (Å²) in [6.45, 7) is 5.37. The van der Waals surface area contributed by atoms with Crippen LogP contribution in [0.15, 0.2) is 11.6 Å². The van der Waals surface area contributed by atoms with Crippen molar-refractivity contribution >= 4 is 22.1 Å². The van der Waals surface area contributed by atoms with Crippen LogP contribution in [-0.2, 0) is 20.8 Å². The van der Waals surface area contributed by atoms with E-state index in [4.69, 9.17) is 4.74 Å². The second-order valence-electron chi connectivity index (χ2n) is 2.24. The van der Waals surface area contributed by atoms with E-state index in [0.717, 1.165) is 0 Å². The van der Waals surface area contributed by atoms with Crippen molar-refractivity contribution < 1.29 is 13.7 Å². The van der Waals surface area contributed by atoms with Gasteiger partial charge in [0, 0.05) is 10.4 Å². The summed E-state index contributed by atoms with van der Waals surface area (Å²) in [5.74, 6) is -0.370. The summed E-state index contributed by atoms with van der Waals surface area (Å²) in [5.41, 5.74) is 0.456. The van der Waals surface area contributed by atoms with Crippen molar-refractivity contribution in [3.05, 3.63) is 11.6 Å². The summed E-state index contributed by atoms with van der Waals surface area (Å²) in [4.78, 5) is 11.5. The molecule has 0 aliphatic heterocycles. The third-order valence-corrected chi connectivity index (χ3v) is 1.53. The van der Waals surface area contributed by atoms with Crippen molar-refractivity contribution in [1.29, 1.82) is 0 Å². The topological polar surface area (TPSA) is 43.4 Å². The van der Waals surface area contributed by atoms with Crippen molar-refractivity contribution in [2.45, 2.75) is 20.8 Å². The average Bonchev–Trinajstić information content (AvgIpc) is 2.04. The quantitative estimate of drug-likeness (QED) is 0.375. The zero-order valence-electron chi connectivity index (χ0n) is 7.42. The van der Waals surface area contributed by atoms with Crippen LogP contribution in [0.25, 0.3) is 0 Å². The van der Waals surface area contributed by atoms with Crippen LogP contribution in [0, 0.1) is 0 Å². The lowest BCUT2D eigenvalue weighted by Crippen LogP contribution is -2.06. The summed E-state index contributed by atoms with van der Waals surface area (Å²) < 4.78 is 14.9. The van der Waals surface area contributed by atoms with E-state index in [1.165, 1.54) is 6.08 Å². The lowest BCUT2D eigenvalue weighted by atomic mass is 10.2. The Morgan fingerprint density at radius 1 is 1.50 bits per heavy atom. The molecule has 68 valence electrons. The third-order valence-electron chi connectivity index (χ3n) is 1.15. The summed E-state index contributed by atoms with van der Waals surface area (Å²) in [7, 11) is 0. The number of hydrogen-bond donors (Lipinski definition) is 0. The van der Waals surface area contributed by atoms with Crippen LogP contribution >= 0.6 is 0 Å². The molecule has 0 aliphatic carbocycles. The fourth-order valence-electron chi connectivity index (χ4n) is 0.633. The number of esters is 1. The van der Waals surface area contributed by atoms with Gasteiger partial charge in [0.1, 0.15) is 0 Å². The molecule has 0 radical (unpaired) electrons. The lowest BCUT2D eigenvalue weighted by Gasteiger charge is -1.99. The molecule has 0 aromatic carbocycles. The molecule has 0 aromatic rings. The predicted molar refractivity (Wildman–Crippen MR) is 49.2 cm³/mol. The molecular weight excluding hydrogens is 176 g/mol. The van der Waals surface area contributed by atoms with Crippen LogP contribution in [0.4, 0.5) is 0 Å². The van der Waals surface area contributed by atoms with Crippen LogP contribution < -0.4 is 0 Å². The normalized spacial score (nSPS) is 10.8. The molecule has 0 N–H and O–H groups in total. The minimum absolute atomic E-state index is 0.355. The Balaban J connectivity index is 4.37. The maximum absolute atomic E-state index is 11.0. The van der Waals surface area contributed by atoms with E-state index in [1.54, 1.807) is 20.8 Å². The highest BCUT2D eigenvalue weighted by atomic mass is 32.1. The van der Waals surface area contributed by atoms with E-state index in [0.29, 0.717) is 28.3 Å². The van der Waals surface area contributed by atoms with Gasteiger partial charge in [-0.1, -0.05) is 0 Å². The number of rotatable bonds is 3. The van der Waals surface area contributed by atoms with Crippen molar-refractivity contribution in [3.8, 4) is 0 Å². The molecular formula is C8H12O3S. The molecule has 0 saturated heterocycles. The molecule has 0 atom stereocenters. The van der Waals surface area contributed by atoms with E-state index < -0.39 is 0 Å². The predicted octanol–water partition coefficient (Wildman–Crippen LogP) is 0.901. The highest BCUT2D eigenvalue weighted by molar-refractivity contribution is 7.66. The van der Waals surface area contributed by atoms with Crippen molar-refractivity contribution in [2.24, 2.45) is 0 Å². The smallest absolute Gasteiger partial charge is 0.333 e. The van der Waals surface area contributed by atoms with Gasteiger partial charge in [-0.3, -0.25) is 0 Å². The third kappa shape index (κ3) is 4.08. The van der Waals surface area contributed by atoms with Gasteiger partial charge in [-0.25, -0.2) is 9.00 Å². The molecule has 12 heavy (non-hydrogen) atoms. The second-order valence-corrected chi connectivity index (χ2v) is 3.05. The molecule has 0 spiro atoms. The lowest BCUT2D eigenvalue weighted by molar-refractivity contribution is -0.138. The Bertz CT molecular complexity index is 249. The SMILES string of the molecule is CCOC(=O)/C(C)=C/C(C)=S=O. The number of carbonyl (C=O) groups is 1. The zero-order chi connectivity index (χ0) is 9.56. The van der Waals surface area contributed by atoms with Crippen LogP contribution in [0.5, 0.6) is 0 Å². The van der Waals surface area contributed by atoms with Crippen molar-refractivity contribution in [3.63, 3.8) is 0 Å². The second kappa shape index (κ2) is 5.71. The van der Waals surface area contributed by atoms with E-state index in [9.17, 15) is 9.00 Å². The van der Waals surface area contributed by atoms with Gasteiger partial charge in [-0.2, -0.15) is 0 Å². The summed E-state index contributed by atoms with van der Waals surface area (Å²) >= 11 is 0.371. The fraction of sp³-hybridized carbons (Fsp3) is 0.500. The minimum Gasteiger partial charge on any atom is -0.463 e. The maximum Gasteiger partial charge on any atom is 0.333 e. The van der Waals surface area contributed by atoms with E-state index >= 15 is 0 Å². The van der Waals surface area contributed by atoms with Gasteiger partial charge < -0.3 is 4.74 Å². The molecule has 0 fully saturated rings. The van der Waals surface area contributed by atoms with Gasteiger partial charge in [0.2, 0.25) is 0 Å². The summed E-state index contributed by atoms with van der Waals surface area (Å²) in [6.07, 6.45) is 1.52. The Labute approximate surface area is 75.5 Å². The number of hydrogen-bond acceptors (Lipinski definition) is 3. The standard InChI is InChI=1S/C8H12O3S/c1-4-11-8(9)6(2)5-7(3)12-10/h5H,4H2,1-3H3/b6-5+.